The first-order chi connectivity index (χ1) is 13.3. The number of hydrogen-bond donors (Lipinski definition) is 0. The summed E-state index contributed by atoms with van der Waals surface area (Å²) in [6, 6.07) is 21.4. The minimum absolute atomic E-state index is 0.0477. The maximum atomic E-state index is 7.08. The molecule has 3 nitrogen and oxygen atoms in total. The molecule has 0 aliphatic rings. The van der Waals surface area contributed by atoms with Crippen molar-refractivity contribution >= 4 is 34.6 Å². The van der Waals surface area contributed by atoms with Gasteiger partial charge in [0.2, 0.25) is 0 Å². The maximum absolute atomic E-state index is 7.08. The highest BCUT2D eigenvalue weighted by Crippen LogP contribution is 2.38. The Bertz CT molecular complexity index is 655. The van der Waals surface area contributed by atoms with Gasteiger partial charge in [-0.05, 0) is 15.4 Å². The molecule has 0 fully saturated rings. The van der Waals surface area contributed by atoms with Crippen LogP contribution in [0.3, 0.4) is 0 Å². The summed E-state index contributed by atoms with van der Waals surface area (Å²) in [7, 11) is 0.899. The number of benzene rings is 2. The average molecular weight is 466 g/mol. The highest BCUT2D eigenvalue weighted by molar-refractivity contribution is 9.09. The summed E-state index contributed by atoms with van der Waals surface area (Å²) in [5.74, 6) is 0. The lowest BCUT2D eigenvalue weighted by Crippen LogP contribution is -2.67. The molecular formula is C23H33BrO3Si. The van der Waals surface area contributed by atoms with Gasteiger partial charge in [-0.3, -0.25) is 0 Å². The molecule has 0 aromatic heterocycles. The molecule has 0 bridgehead atoms. The standard InChI is InChI=1S/C23H33BrO3Si/c1-22(2,3)28(20-12-8-6-9-13-20,21-14-10-7-11-15-21)27-19-23(16-24,17-25-4)18-26-5/h6-15H,16-19H2,1-5H3. The van der Waals surface area contributed by atoms with E-state index in [1.807, 2.05) is 0 Å². The fourth-order valence-electron chi connectivity index (χ4n) is 3.88. The predicted octanol–water partition coefficient (Wildman–Crippen LogP) is 4.24. The van der Waals surface area contributed by atoms with E-state index in [1.165, 1.54) is 10.4 Å². The molecule has 0 radical (unpaired) electrons. The Morgan fingerprint density at radius 1 is 0.750 bits per heavy atom. The van der Waals surface area contributed by atoms with Crippen molar-refractivity contribution in [3.63, 3.8) is 0 Å². The van der Waals surface area contributed by atoms with Crippen molar-refractivity contribution < 1.29 is 13.9 Å². The predicted molar refractivity (Wildman–Crippen MR) is 124 cm³/mol. The highest BCUT2D eigenvalue weighted by atomic mass is 79.9. The second kappa shape index (κ2) is 10.2. The van der Waals surface area contributed by atoms with Crippen LogP contribution in [0.2, 0.25) is 5.04 Å². The van der Waals surface area contributed by atoms with E-state index in [-0.39, 0.29) is 10.5 Å². The van der Waals surface area contributed by atoms with Crippen molar-refractivity contribution in [2.24, 2.45) is 5.41 Å². The Balaban J connectivity index is 2.58. The fourth-order valence-corrected chi connectivity index (χ4v) is 9.04. The van der Waals surface area contributed by atoms with Crippen LogP contribution in [0.4, 0.5) is 0 Å². The SMILES string of the molecule is COCC(CBr)(COC)CO[Si](c1ccccc1)(c1ccccc1)C(C)(C)C. The van der Waals surface area contributed by atoms with Gasteiger partial charge in [-0.25, -0.2) is 0 Å². The number of methoxy groups -OCH3 is 2. The summed E-state index contributed by atoms with van der Waals surface area (Å²) in [5, 5.41) is 3.27. The molecule has 2 rings (SSSR count). The van der Waals surface area contributed by atoms with Crippen LogP contribution >= 0.6 is 15.9 Å². The zero-order valence-corrected chi connectivity index (χ0v) is 20.3. The van der Waals surface area contributed by atoms with Crippen molar-refractivity contribution in [2.75, 3.05) is 39.4 Å². The Hall–Kier alpha value is -0.983. The van der Waals surface area contributed by atoms with Crippen LogP contribution in [-0.2, 0) is 13.9 Å². The molecule has 0 amide bonds. The van der Waals surface area contributed by atoms with E-state index in [4.69, 9.17) is 13.9 Å². The van der Waals surface area contributed by atoms with E-state index in [1.54, 1.807) is 14.2 Å². The molecule has 0 N–H and O–H groups in total. The lowest BCUT2D eigenvalue weighted by atomic mass is 9.94. The van der Waals surface area contributed by atoms with Gasteiger partial charge in [0.05, 0.1) is 13.2 Å². The first kappa shape index (κ1) is 23.3. The fraction of sp³-hybridized carbons (Fsp3) is 0.478. The van der Waals surface area contributed by atoms with Crippen LogP contribution in [0.25, 0.3) is 0 Å². The normalized spacial score (nSPS) is 12.9. The Morgan fingerprint density at radius 3 is 1.50 bits per heavy atom. The monoisotopic (exact) mass is 464 g/mol. The zero-order valence-electron chi connectivity index (χ0n) is 17.7. The van der Waals surface area contributed by atoms with Crippen LogP contribution in [0.5, 0.6) is 0 Å². The Morgan fingerprint density at radius 2 is 1.18 bits per heavy atom. The molecule has 0 aliphatic carbocycles. The number of ether oxygens (including phenoxy) is 2. The molecule has 0 atom stereocenters. The second-order valence-electron chi connectivity index (χ2n) is 8.45. The molecule has 5 heteroatoms. The topological polar surface area (TPSA) is 27.7 Å². The zero-order chi connectivity index (χ0) is 20.7. The number of hydrogen-bond acceptors (Lipinski definition) is 3. The highest BCUT2D eigenvalue weighted by Gasteiger charge is 2.51. The van der Waals surface area contributed by atoms with Gasteiger partial charge in [-0.2, -0.15) is 0 Å². The number of alkyl halides is 1. The minimum atomic E-state index is -2.57. The Labute approximate surface area is 179 Å². The third-order valence-corrected chi connectivity index (χ3v) is 11.4. The van der Waals surface area contributed by atoms with Crippen molar-refractivity contribution in [1.29, 1.82) is 0 Å². The van der Waals surface area contributed by atoms with Crippen LogP contribution < -0.4 is 10.4 Å². The quantitative estimate of drug-likeness (QED) is 0.388. The molecule has 0 heterocycles. The third kappa shape index (κ3) is 4.95. The second-order valence-corrected chi connectivity index (χ2v) is 13.3. The van der Waals surface area contributed by atoms with Gasteiger partial charge >= 0.3 is 0 Å². The summed E-state index contributed by atoms with van der Waals surface area (Å²) >= 11 is 3.68. The summed E-state index contributed by atoms with van der Waals surface area (Å²) < 4.78 is 18.2. The van der Waals surface area contributed by atoms with Gasteiger partial charge in [0.15, 0.2) is 0 Å². The van der Waals surface area contributed by atoms with E-state index >= 15 is 0 Å². The van der Waals surface area contributed by atoms with Crippen LogP contribution in [0.15, 0.2) is 60.7 Å². The molecule has 2 aromatic rings. The third-order valence-electron chi connectivity index (χ3n) is 5.20. The average Bonchev–Trinajstić information content (AvgIpc) is 2.69. The lowest BCUT2D eigenvalue weighted by Gasteiger charge is -2.45. The van der Waals surface area contributed by atoms with Crippen molar-refractivity contribution in [2.45, 2.75) is 25.8 Å². The number of halogens is 1. The molecule has 0 aliphatic heterocycles. The first-order valence-electron chi connectivity index (χ1n) is 9.64. The minimum Gasteiger partial charge on any atom is -0.407 e. The molecule has 2 aromatic carbocycles. The van der Waals surface area contributed by atoms with Crippen LogP contribution in [0.1, 0.15) is 20.8 Å². The van der Waals surface area contributed by atoms with E-state index in [0.29, 0.717) is 19.8 Å². The van der Waals surface area contributed by atoms with Gasteiger partial charge in [-0.1, -0.05) is 97.4 Å². The lowest BCUT2D eigenvalue weighted by molar-refractivity contribution is -0.00543. The van der Waals surface area contributed by atoms with Crippen LogP contribution in [-0.4, -0.2) is 47.7 Å². The van der Waals surface area contributed by atoms with E-state index in [0.717, 1.165) is 5.33 Å². The summed E-state index contributed by atoms with van der Waals surface area (Å²) in [5.41, 5.74) is -0.240. The van der Waals surface area contributed by atoms with E-state index in [9.17, 15) is 0 Å². The van der Waals surface area contributed by atoms with E-state index < -0.39 is 8.32 Å². The van der Waals surface area contributed by atoms with Gasteiger partial charge in [0.1, 0.15) is 0 Å². The van der Waals surface area contributed by atoms with Gasteiger partial charge in [-0.15, -0.1) is 0 Å². The molecular weight excluding hydrogens is 432 g/mol. The smallest absolute Gasteiger partial charge is 0.261 e. The molecule has 0 unspecified atom stereocenters. The largest absolute Gasteiger partial charge is 0.407 e. The summed E-state index contributed by atoms with van der Waals surface area (Å²) in [4.78, 5) is 0. The van der Waals surface area contributed by atoms with Crippen LogP contribution in [0, 0.1) is 5.41 Å². The molecule has 154 valence electrons. The van der Waals surface area contributed by atoms with Crippen molar-refractivity contribution in [1.82, 2.24) is 0 Å². The van der Waals surface area contributed by atoms with E-state index in [2.05, 4.69) is 97.4 Å². The number of rotatable bonds is 10. The first-order valence-corrected chi connectivity index (χ1v) is 12.7. The molecule has 0 spiro atoms. The molecule has 0 saturated heterocycles. The summed E-state index contributed by atoms with van der Waals surface area (Å²) in [6.07, 6.45) is 0. The summed E-state index contributed by atoms with van der Waals surface area (Å²) in [6.45, 7) is 8.59. The van der Waals surface area contributed by atoms with Gasteiger partial charge in [0.25, 0.3) is 8.32 Å². The maximum Gasteiger partial charge on any atom is 0.261 e. The van der Waals surface area contributed by atoms with Crippen molar-refractivity contribution in [3.05, 3.63) is 60.7 Å². The molecule has 0 saturated carbocycles. The van der Waals surface area contributed by atoms with Gasteiger partial charge < -0.3 is 13.9 Å². The Kier molecular flexibility index (Phi) is 8.46. The van der Waals surface area contributed by atoms with Gasteiger partial charge in [0, 0.05) is 31.6 Å². The molecule has 28 heavy (non-hydrogen) atoms. The van der Waals surface area contributed by atoms with Crippen molar-refractivity contribution in [3.8, 4) is 0 Å².